The summed E-state index contributed by atoms with van der Waals surface area (Å²) in [6.45, 7) is 6.33. The molecular formula is C25H29N3O3. The van der Waals surface area contributed by atoms with E-state index in [4.69, 9.17) is 9.26 Å². The third kappa shape index (κ3) is 5.13. The fourth-order valence-corrected chi connectivity index (χ4v) is 3.89. The maximum atomic E-state index is 12.6. The highest BCUT2D eigenvalue weighted by atomic mass is 16.5. The van der Waals surface area contributed by atoms with Crippen LogP contribution in [0.3, 0.4) is 0 Å². The van der Waals surface area contributed by atoms with Gasteiger partial charge >= 0.3 is 0 Å². The van der Waals surface area contributed by atoms with Gasteiger partial charge in [-0.2, -0.15) is 4.98 Å². The lowest BCUT2D eigenvalue weighted by Crippen LogP contribution is -2.29. The summed E-state index contributed by atoms with van der Waals surface area (Å²) in [5.41, 5.74) is 2.09. The van der Waals surface area contributed by atoms with E-state index in [1.54, 1.807) is 0 Å². The van der Waals surface area contributed by atoms with E-state index >= 15 is 0 Å². The summed E-state index contributed by atoms with van der Waals surface area (Å²) in [4.78, 5) is 19.1. The first kappa shape index (κ1) is 21.1. The average Bonchev–Trinajstić information content (AvgIpc) is 3.42. The molecule has 1 aliphatic rings. The molecule has 0 N–H and O–H groups in total. The highest BCUT2D eigenvalue weighted by Gasteiger charge is 2.34. The highest BCUT2D eigenvalue weighted by molar-refractivity contribution is 5.79. The van der Waals surface area contributed by atoms with Gasteiger partial charge in [0, 0.05) is 31.0 Å². The number of carbonyl (C=O) groups is 1. The summed E-state index contributed by atoms with van der Waals surface area (Å²) < 4.78 is 11.2. The number of likely N-dealkylation sites (tertiary alicyclic amines) is 1. The van der Waals surface area contributed by atoms with Crippen LogP contribution in [0.25, 0.3) is 11.5 Å². The summed E-state index contributed by atoms with van der Waals surface area (Å²) in [5, 5.41) is 4.17. The Hall–Kier alpha value is -3.15. The van der Waals surface area contributed by atoms with Crippen molar-refractivity contribution in [3.05, 3.63) is 66.0 Å². The quantitative estimate of drug-likeness (QED) is 0.455. The topological polar surface area (TPSA) is 68.5 Å². The minimum atomic E-state index is -0.0374. The van der Waals surface area contributed by atoms with Crippen LogP contribution in [0, 0.1) is 0 Å². The predicted octanol–water partition coefficient (Wildman–Crippen LogP) is 5.04. The molecule has 1 aromatic heterocycles. The Kier molecular flexibility index (Phi) is 6.65. The van der Waals surface area contributed by atoms with Crippen molar-refractivity contribution >= 4 is 5.91 Å². The fourth-order valence-electron chi connectivity index (χ4n) is 3.89. The van der Waals surface area contributed by atoms with E-state index in [1.807, 2.05) is 47.4 Å². The molecule has 1 aliphatic heterocycles. The maximum Gasteiger partial charge on any atom is 0.257 e. The minimum absolute atomic E-state index is 0.0374. The maximum absolute atomic E-state index is 12.6. The van der Waals surface area contributed by atoms with Crippen molar-refractivity contribution in [3.63, 3.8) is 0 Å². The number of hydrogen-bond donors (Lipinski definition) is 0. The summed E-state index contributed by atoms with van der Waals surface area (Å²) in [7, 11) is 0. The third-order valence-corrected chi connectivity index (χ3v) is 5.75. The Labute approximate surface area is 183 Å². The lowest BCUT2D eigenvalue weighted by atomic mass is 10.0. The van der Waals surface area contributed by atoms with Gasteiger partial charge in [0.1, 0.15) is 5.75 Å². The highest BCUT2D eigenvalue weighted by Crippen LogP contribution is 2.30. The molecule has 0 spiro atoms. The molecule has 0 radical (unpaired) electrons. The second kappa shape index (κ2) is 9.77. The molecule has 0 bridgehead atoms. The van der Waals surface area contributed by atoms with Gasteiger partial charge in [-0.25, -0.2) is 0 Å². The Morgan fingerprint density at radius 2 is 1.94 bits per heavy atom. The van der Waals surface area contributed by atoms with Crippen molar-refractivity contribution in [1.82, 2.24) is 15.0 Å². The number of hydrogen-bond acceptors (Lipinski definition) is 5. The average molecular weight is 420 g/mol. The molecule has 1 fully saturated rings. The standard InChI is InChI=1S/C25H29N3O3/c1-3-4-14-30-22-12-10-20(11-13-22)25-26-24(27-31-25)21-15-23(29)28(17-21)16-18(2)19-8-6-5-7-9-19/h5-13,18,21H,3-4,14-17H2,1-2H3. The second-order valence-electron chi connectivity index (χ2n) is 8.20. The molecule has 0 saturated carbocycles. The molecule has 3 aromatic rings. The number of ether oxygens (including phenoxy) is 1. The molecule has 4 rings (SSSR count). The number of carbonyl (C=O) groups excluding carboxylic acids is 1. The van der Waals surface area contributed by atoms with E-state index in [0.717, 1.165) is 30.8 Å². The van der Waals surface area contributed by atoms with E-state index in [2.05, 4.69) is 36.1 Å². The van der Waals surface area contributed by atoms with E-state index < -0.39 is 0 Å². The summed E-state index contributed by atoms with van der Waals surface area (Å²) in [6.07, 6.45) is 2.57. The number of nitrogens with zero attached hydrogens (tertiary/aromatic N) is 3. The molecule has 0 aliphatic carbocycles. The van der Waals surface area contributed by atoms with Crippen molar-refractivity contribution in [2.24, 2.45) is 0 Å². The molecule has 1 saturated heterocycles. The van der Waals surface area contributed by atoms with Crippen LogP contribution in [-0.4, -0.2) is 40.6 Å². The van der Waals surface area contributed by atoms with Crippen molar-refractivity contribution in [1.29, 1.82) is 0 Å². The molecular weight excluding hydrogens is 390 g/mol. The van der Waals surface area contributed by atoms with Crippen molar-refractivity contribution in [2.75, 3.05) is 19.7 Å². The van der Waals surface area contributed by atoms with E-state index in [9.17, 15) is 4.79 Å². The first-order chi connectivity index (χ1) is 15.1. The molecule has 31 heavy (non-hydrogen) atoms. The Balaban J connectivity index is 1.37. The van der Waals surface area contributed by atoms with Gasteiger partial charge in [0.15, 0.2) is 5.82 Å². The van der Waals surface area contributed by atoms with E-state index in [0.29, 0.717) is 31.2 Å². The number of benzene rings is 2. The Morgan fingerprint density at radius 1 is 1.16 bits per heavy atom. The molecule has 2 atom stereocenters. The largest absolute Gasteiger partial charge is 0.494 e. The van der Waals surface area contributed by atoms with Crippen LogP contribution in [0.4, 0.5) is 0 Å². The molecule has 162 valence electrons. The zero-order valence-electron chi connectivity index (χ0n) is 18.2. The van der Waals surface area contributed by atoms with E-state index in [-0.39, 0.29) is 17.7 Å². The molecule has 6 nitrogen and oxygen atoms in total. The third-order valence-electron chi connectivity index (χ3n) is 5.75. The van der Waals surface area contributed by atoms with Gasteiger partial charge in [0.2, 0.25) is 5.91 Å². The van der Waals surface area contributed by atoms with Crippen LogP contribution in [-0.2, 0) is 4.79 Å². The second-order valence-corrected chi connectivity index (χ2v) is 8.20. The van der Waals surface area contributed by atoms with Crippen LogP contribution in [0.1, 0.15) is 56.3 Å². The van der Waals surface area contributed by atoms with Gasteiger partial charge in [-0.15, -0.1) is 0 Å². The Bertz CT molecular complexity index is 985. The number of unbranched alkanes of at least 4 members (excludes halogenated alkanes) is 1. The Morgan fingerprint density at radius 3 is 2.68 bits per heavy atom. The summed E-state index contributed by atoms with van der Waals surface area (Å²) >= 11 is 0. The molecule has 1 amide bonds. The zero-order chi connectivity index (χ0) is 21.6. The van der Waals surface area contributed by atoms with Gasteiger partial charge in [-0.3, -0.25) is 4.79 Å². The van der Waals surface area contributed by atoms with Gasteiger partial charge in [-0.1, -0.05) is 55.8 Å². The summed E-state index contributed by atoms with van der Waals surface area (Å²) in [5.74, 6) is 2.29. The first-order valence-electron chi connectivity index (χ1n) is 11.0. The van der Waals surface area contributed by atoms with Crippen LogP contribution < -0.4 is 4.74 Å². The SMILES string of the molecule is CCCCOc1ccc(-c2nc(C3CC(=O)N(CC(C)c4ccccc4)C3)no2)cc1. The lowest BCUT2D eigenvalue weighted by Gasteiger charge is -2.21. The number of amides is 1. The number of rotatable bonds is 9. The van der Waals surface area contributed by atoms with Gasteiger partial charge in [0.05, 0.1) is 6.61 Å². The van der Waals surface area contributed by atoms with Crippen LogP contribution in [0.15, 0.2) is 59.1 Å². The molecule has 2 unspecified atom stereocenters. The first-order valence-corrected chi connectivity index (χ1v) is 11.0. The van der Waals surface area contributed by atoms with Gasteiger partial charge in [-0.05, 0) is 42.2 Å². The summed E-state index contributed by atoms with van der Waals surface area (Å²) in [6, 6.07) is 18.0. The van der Waals surface area contributed by atoms with Crippen molar-refractivity contribution < 1.29 is 14.1 Å². The van der Waals surface area contributed by atoms with Crippen LogP contribution in [0.5, 0.6) is 5.75 Å². The lowest BCUT2D eigenvalue weighted by molar-refractivity contribution is -0.127. The fraction of sp³-hybridized carbons (Fsp3) is 0.400. The van der Waals surface area contributed by atoms with Crippen LogP contribution >= 0.6 is 0 Å². The monoisotopic (exact) mass is 419 g/mol. The molecule has 6 heteroatoms. The van der Waals surface area contributed by atoms with Gasteiger partial charge < -0.3 is 14.2 Å². The van der Waals surface area contributed by atoms with Gasteiger partial charge in [0.25, 0.3) is 5.89 Å². The zero-order valence-corrected chi connectivity index (χ0v) is 18.2. The van der Waals surface area contributed by atoms with Crippen LogP contribution in [0.2, 0.25) is 0 Å². The van der Waals surface area contributed by atoms with E-state index in [1.165, 1.54) is 5.56 Å². The van der Waals surface area contributed by atoms with Crippen molar-refractivity contribution in [2.45, 2.75) is 44.9 Å². The smallest absolute Gasteiger partial charge is 0.257 e. The normalized spacial score (nSPS) is 17.2. The minimum Gasteiger partial charge on any atom is -0.494 e. The molecule has 2 heterocycles. The molecule has 2 aromatic carbocycles. The van der Waals surface area contributed by atoms with Crippen molar-refractivity contribution in [3.8, 4) is 17.2 Å². The predicted molar refractivity (Wildman–Crippen MR) is 119 cm³/mol. The number of aromatic nitrogens is 2.